The van der Waals surface area contributed by atoms with Gasteiger partial charge in [-0.25, -0.2) is 4.79 Å². The Balaban J connectivity index is 2.34. The summed E-state index contributed by atoms with van der Waals surface area (Å²) < 4.78 is 0. The monoisotopic (exact) mass is 309 g/mol. The summed E-state index contributed by atoms with van der Waals surface area (Å²) in [5, 5.41) is 13.2. The minimum Gasteiger partial charge on any atom is -0.479 e. The quantitative estimate of drug-likeness (QED) is 0.871. The van der Waals surface area contributed by atoms with E-state index in [1.54, 1.807) is 12.1 Å². The number of hydrogen-bond donors (Lipinski definition) is 2. The second-order valence-electron chi connectivity index (χ2n) is 4.45. The van der Waals surface area contributed by atoms with Crippen LogP contribution in [0.1, 0.15) is 17.2 Å². The van der Waals surface area contributed by atoms with Crippen molar-refractivity contribution in [2.75, 3.05) is 5.32 Å². The molecule has 0 spiro atoms. The van der Waals surface area contributed by atoms with Crippen LogP contribution in [0.15, 0.2) is 42.5 Å². The van der Waals surface area contributed by atoms with Crippen LogP contribution in [0.25, 0.3) is 0 Å². The summed E-state index contributed by atoms with van der Waals surface area (Å²) >= 11 is 11.9. The van der Waals surface area contributed by atoms with E-state index >= 15 is 0 Å². The zero-order valence-electron chi connectivity index (χ0n) is 10.7. The Morgan fingerprint density at radius 3 is 2.55 bits per heavy atom. The first-order chi connectivity index (χ1) is 9.47. The van der Waals surface area contributed by atoms with E-state index in [9.17, 15) is 9.90 Å². The van der Waals surface area contributed by atoms with E-state index in [4.69, 9.17) is 23.2 Å². The Morgan fingerprint density at radius 2 is 1.95 bits per heavy atom. The fraction of sp³-hybridized carbons (Fsp3) is 0.133. The largest absolute Gasteiger partial charge is 0.479 e. The normalized spacial score (nSPS) is 11.9. The molecule has 3 nitrogen and oxygen atoms in total. The number of hydrogen-bond acceptors (Lipinski definition) is 2. The molecule has 2 aromatic carbocycles. The molecule has 0 bridgehead atoms. The Labute approximate surface area is 127 Å². The average Bonchev–Trinajstić information content (AvgIpc) is 2.36. The van der Waals surface area contributed by atoms with Crippen LogP contribution < -0.4 is 5.32 Å². The molecule has 2 N–H and O–H groups in total. The van der Waals surface area contributed by atoms with Gasteiger partial charge in [-0.2, -0.15) is 0 Å². The third kappa shape index (κ3) is 3.44. The summed E-state index contributed by atoms with van der Waals surface area (Å²) in [4.78, 5) is 11.5. The lowest BCUT2D eigenvalue weighted by atomic mass is 10.1. The van der Waals surface area contributed by atoms with Crippen molar-refractivity contribution in [3.05, 3.63) is 63.6 Å². The van der Waals surface area contributed by atoms with Crippen LogP contribution in [-0.4, -0.2) is 11.1 Å². The second-order valence-corrected chi connectivity index (χ2v) is 5.29. The van der Waals surface area contributed by atoms with E-state index in [-0.39, 0.29) is 0 Å². The molecule has 104 valence electrons. The molecular formula is C15H13Cl2NO2. The molecule has 0 heterocycles. The van der Waals surface area contributed by atoms with Crippen LogP contribution in [0.2, 0.25) is 10.0 Å². The van der Waals surface area contributed by atoms with E-state index in [1.807, 2.05) is 31.2 Å². The number of carboxylic acids is 1. The molecule has 0 saturated heterocycles. The summed E-state index contributed by atoms with van der Waals surface area (Å²) in [6.45, 7) is 1.94. The van der Waals surface area contributed by atoms with Crippen LogP contribution in [0, 0.1) is 6.92 Å². The van der Waals surface area contributed by atoms with E-state index < -0.39 is 12.0 Å². The first kappa shape index (κ1) is 14.7. The Hall–Kier alpha value is -1.71. The van der Waals surface area contributed by atoms with E-state index in [2.05, 4.69) is 5.32 Å². The highest BCUT2D eigenvalue weighted by molar-refractivity contribution is 6.35. The van der Waals surface area contributed by atoms with E-state index in [1.165, 1.54) is 6.07 Å². The van der Waals surface area contributed by atoms with Gasteiger partial charge in [0.15, 0.2) is 6.04 Å². The molecule has 0 amide bonds. The zero-order chi connectivity index (χ0) is 14.7. The SMILES string of the molecule is Cc1cccc(NC(C(=O)O)c2ccc(Cl)cc2Cl)c1. The molecule has 0 aromatic heterocycles. The van der Waals surface area contributed by atoms with Gasteiger partial charge in [0.2, 0.25) is 0 Å². The van der Waals surface area contributed by atoms with E-state index in [0.717, 1.165) is 11.3 Å². The van der Waals surface area contributed by atoms with Crippen molar-refractivity contribution in [1.82, 2.24) is 0 Å². The third-order valence-corrected chi connectivity index (χ3v) is 3.41. The van der Waals surface area contributed by atoms with Crippen molar-refractivity contribution in [3.63, 3.8) is 0 Å². The van der Waals surface area contributed by atoms with Crippen LogP contribution in [0.3, 0.4) is 0 Å². The molecule has 0 fully saturated rings. The number of nitrogens with one attached hydrogen (secondary N) is 1. The molecule has 0 radical (unpaired) electrons. The van der Waals surface area contributed by atoms with Gasteiger partial charge in [-0.05, 0) is 36.8 Å². The predicted octanol–water partition coefficient (Wildman–Crippen LogP) is 4.54. The lowest BCUT2D eigenvalue weighted by molar-refractivity contribution is -0.138. The second kappa shape index (κ2) is 6.16. The summed E-state index contributed by atoms with van der Waals surface area (Å²) in [6.07, 6.45) is 0. The summed E-state index contributed by atoms with van der Waals surface area (Å²) in [5.41, 5.74) is 2.25. The number of carboxylic acid groups (broad SMARTS) is 1. The summed E-state index contributed by atoms with van der Waals surface area (Å²) in [6, 6.07) is 11.3. The van der Waals surface area contributed by atoms with Crippen molar-refractivity contribution in [2.45, 2.75) is 13.0 Å². The summed E-state index contributed by atoms with van der Waals surface area (Å²) in [5.74, 6) is -1.00. The van der Waals surface area contributed by atoms with Crippen molar-refractivity contribution in [1.29, 1.82) is 0 Å². The molecule has 5 heteroatoms. The van der Waals surface area contributed by atoms with Gasteiger partial charge in [-0.1, -0.05) is 41.4 Å². The first-order valence-electron chi connectivity index (χ1n) is 5.98. The standard InChI is InChI=1S/C15H13Cl2NO2/c1-9-3-2-4-11(7-9)18-14(15(19)20)12-6-5-10(16)8-13(12)17/h2-8,14,18H,1H3,(H,19,20). The van der Waals surface area contributed by atoms with Gasteiger partial charge in [0.25, 0.3) is 0 Å². The maximum Gasteiger partial charge on any atom is 0.330 e. The third-order valence-electron chi connectivity index (χ3n) is 2.85. The minimum atomic E-state index is -1.00. The number of aliphatic carboxylic acids is 1. The molecular weight excluding hydrogens is 297 g/mol. The number of aryl methyl sites for hydroxylation is 1. The molecule has 1 unspecified atom stereocenters. The van der Waals surface area contributed by atoms with Gasteiger partial charge in [-0.3, -0.25) is 0 Å². The van der Waals surface area contributed by atoms with Gasteiger partial charge < -0.3 is 10.4 Å². The number of halogens is 2. The highest BCUT2D eigenvalue weighted by atomic mass is 35.5. The average molecular weight is 310 g/mol. The molecule has 20 heavy (non-hydrogen) atoms. The molecule has 1 atom stereocenters. The molecule has 0 aliphatic rings. The summed E-state index contributed by atoms with van der Waals surface area (Å²) in [7, 11) is 0. The number of anilines is 1. The first-order valence-corrected chi connectivity index (χ1v) is 6.74. The lowest BCUT2D eigenvalue weighted by Gasteiger charge is -2.18. The number of carbonyl (C=O) groups is 1. The Bertz CT molecular complexity index is 644. The predicted molar refractivity (Wildman–Crippen MR) is 81.6 cm³/mol. The highest BCUT2D eigenvalue weighted by Gasteiger charge is 2.22. The molecule has 0 aliphatic heterocycles. The van der Waals surface area contributed by atoms with Crippen LogP contribution in [0.4, 0.5) is 5.69 Å². The van der Waals surface area contributed by atoms with Crippen molar-refractivity contribution < 1.29 is 9.90 Å². The van der Waals surface area contributed by atoms with Crippen molar-refractivity contribution in [2.24, 2.45) is 0 Å². The molecule has 2 rings (SSSR count). The van der Waals surface area contributed by atoms with Gasteiger partial charge >= 0.3 is 5.97 Å². The number of benzene rings is 2. The van der Waals surface area contributed by atoms with Crippen molar-refractivity contribution >= 4 is 34.9 Å². The Kier molecular flexibility index (Phi) is 4.53. The van der Waals surface area contributed by atoms with Crippen LogP contribution in [0.5, 0.6) is 0 Å². The minimum absolute atomic E-state index is 0.324. The Morgan fingerprint density at radius 1 is 1.20 bits per heavy atom. The smallest absolute Gasteiger partial charge is 0.330 e. The van der Waals surface area contributed by atoms with Gasteiger partial charge in [0, 0.05) is 21.3 Å². The number of rotatable bonds is 4. The topological polar surface area (TPSA) is 49.3 Å². The maximum atomic E-state index is 11.5. The van der Waals surface area contributed by atoms with Crippen LogP contribution in [-0.2, 0) is 4.79 Å². The highest BCUT2D eigenvalue weighted by Crippen LogP contribution is 2.29. The maximum absolute atomic E-state index is 11.5. The van der Waals surface area contributed by atoms with Gasteiger partial charge in [-0.15, -0.1) is 0 Å². The van der Waals surface area contributed by atoms with Crippen molar-refractivity contribution in [3.8, 4) is 0 Å². The molecule has 0 aliphatic carbocycles. The van der Waals surface area contributed by atoms with Crippen LogP contribution >= 0.6 is 23.2 Å². The lowest BCUT2D eigenvalue weighted by Crippen LogP contribution is -2.20. The zero-order valence-corrected chi connectivity index (χ0v) is 12.2. The van der Waals surface area contributed by atoms with Gasteiger partial charge in [0.1, 0.15) is 0 Å². The fourth-order valence-corrected chi connectivity index (χ4v) is 2.43. The molecule has 0 saturated carbocycles. The van der Waals surface area contributed by atoms with E-state index in [0.29, 0.717) is 15.6 Å². The van der Waals surface area contributed by atoms with Gasteiger partial charge in [0.05, 0.1) is 0 Å². The fourth-order valence-electron chi connectivity index (χ4n) is 1.91. The molecule has 2 aromatic rings.